The lowest BCUT2D eigenvalue weighted by Crippen LogP contribution is -2.39. The zero-order chi connectivity index (χ0) is 16.8. The van der Waals surface area contributed by atoms with E-state index in [2.05, 4.69) is 10.3 Å². The first-order chi connectivity index (χ1) is 11.8. The molecule has 7 heteroatoms. The van der Waals surface area contributed by atoms with Crippen LogP contribution in [0.1, 0.15) is 12.8 Å². The van der Waals surface area contributed by atoms with E-state index >= 15 is 0 Å². The van der Waals surface area contributed by atoms with E-state index in [1.165, 1.54) is 11.8 Å². The molecule has 0 unspecified atom stereocenters. The van der Waals surface area contributed by atoms with Crippen LogP contribution in [0.15, 0.2) is 41.8 Å². The summed E-state index contributed by atoms with van der Waals surface area (Å²) in [7, 11) is 1.64. The number of rotatable bonds is 6. The molecule has 0 spiro atoms. The molecule has 1 aliphatic rings. The monoisotopic (exact) mass is 347 g/mol. The van der Waals surface area contributed by atoms with Gasteiger partial charge in [-0.05, 0) is 25.0 Å². The van der Waals surface area contributed by atoms with Crippen molar-refractivity contribution in [2.45, 2.75) is 24.0 Å². The summed E-state index contributed by atoms with van der Waals surface area (Å²) in [5.41, 5.74) is 0.958. The topological polar surface area (TPSA) is 65.4 Å². The van der Waals surface area contributed by atoms with Gasteiger partial charge in [0.15, 0.2) is 5.16 Å². The normalized spacial score (nSPS) is 15.2. The lowest BCUT2D eigenvalue weighted by atomic mass is 10.1. The molecule has 1 N–H and O–H groups in total. The van der Waals surface area contributed by atoms with Crippen molar-refractivity contribution in [1.29, 1.82) is 0 Å². The van der Waals surface area contributed by atoms with Crippen molar-refractivity contribution < 1.29 is 14.3 Å². The molecule has 128 valence electrons. The molecule has 1 aromatic carbocycles. The number of imidazole rings is 1. The van der Waals surface area contributed by atoms with Crippen LogP contribution in [0, 0.1) is 0 Å². The SMILES string of the molecule is COc1cccc(-n2ccnc2SCC(=O)NC2CCOCC2)c1. The third-order valence-corrected chi connectivity index (χ3v) is 4.82. The third-order valence-electron chi connectivity index (χ3n) is 3.86. The summed E-state index contributed by atoms with van der Waals surface area (Å²) in [5, 5.41) is 3.84. The molecule has 3 rings (SSSR count). The minimum Gasteiger partial charge on any atom is -0.497 e. The molecule has 6 nitrogen and oxygen atoms in total. The predicted octanol–water partition coefficient (Wildman–Crippen LogP) is 2.27. The maximum Gasteiger partial charge on any atom is 0.230 e. The predicted molar refractivity (Wildman–Crippen MR) is 92.8 cm³/mol. The van der Waals surface area contributed by atoms with Crippen LogP contribution in [0.2, 0.25) is 0 Å². The van der Waals surface area contributed by atoms with Gasteiger partial charge in [0.1, 0.15) is 5.75 Å². The second-order valence-electron chi connectivity index (χ2n) is 5.52. The number of methoxy groups -OCH3 is 1. The van der Waals surface area contributed by atoms with Crippen LogP contribution in [0.25, 0.3) is 5.69 Å². The summed E-state index contributed by atoms with van der Waals surface area (Å²) in [4.78, 5) is 16.5. The number of ether oxygens (including phenoxy) is 2. The van der Waals surface area contributed by atoms with E-state index in [9.17, 15) is 4.79 Å². The molecule has 24 heavy (non-hydrogen) atoms. The fourth-order valence-electron chi connectivity index (χ4n) is 2.59. The largest absolute Gasteiger partial charge is 0.497 e. The summed E-state index contributed by atoms with van der Waals surface area (Å²) in [6.45, 7) is 1.44. The summed E-state index contributed by atoms with van der Waals surface area (Å²) in [6.07, 6.45) is 5.38. The van der Waals surface area contributed by atoms with E-state index in [-0.39, 0.29) is 11.9 Å². The maximum absolute atomic E-state index is 12.1. The first-order valence-electron chi connectivity index (χ1n) is 7.94. The van der Waals surface area contributed by atoms with Crippen LogP contribution in [-0.4, -0.2) is 47.6 Å². The van der Waals surface area contributed by atoms with E-state index < -0.39 is 0 Å². The molecule has 2 aromatic rings. The molecule has 1 amide bonds. The number of hydrogen-bond donors (Lipinski definition) is 1. The van der Waals surface area contributed by atoms with Gasteiger partial charge in [0.2, 0.25) is 5.91 Å². The summed E-state index contributed by atoms with van der Waals surface area (Å²) >= 11 is 1.43. The van der Waals surface area contributed by atoms with Crippen molar-refractivity contribution in [3.05, 3.63) is 36.7 Å². The molecule has 0 bridgehead atoms. The van der Waals surface area contributed by atoms with Crippen LogP contribution in [0.3, 0.4) is 0 Å². The zero-order valence-corrected chi connectivity index (χ0v) is 14.4. The number of hydrogen-bond acceptors (Lipinski definition) is 5. The van der Waals surface area contributed by atoms with Crippen molar-refractivity contribution in [3.8, 4) is 11.4 Å². The second kappa shape index (κ2) is 8.21. The number of amides is 1. The highest BCUT2D eigenvalue weighted by Gasteiger charge is 2.17. The van der Waals surface area contributed by atoms with E-state index in [1.54, 1.807) is 13.3 Å². The number of nitrogens with zero attached hydrogens (tertiary/aromatic N) is 2. The average molecular weight is 347 g/mol. The standard InChI is InChI=1S/C17H21N3O3S/c1-22-15-4-2-3-14(11-15)20-8-7-18-17(20)24-12-16(21)19-13-5-9-23-10-6-13/h2-4,7-8,11,13H,5-6,9-10,12H2,1H3,(H,19,21). The Kier molecular flexibility index (Phi) is 5.77. The Hall–Kier alpha value is -1.99. The van der Waals surface area contributed by atoms with Gasteiger partial charge in [-0.25, -0.2) is 4.98 Å². The summed E-state index contributed by atoms with van der Waals surface area (Å²) < 4.78 is 12.5. The van der Waals surface area contributed by atoms with Crippen LogP contribution in [0.5, 0.6) is 5.75 Å². The first-order valence-corrected chi connectivity index (χ1v) is 8.92. The van der Waals surface area contributed by atoms with Crippen molar-refractivity contribution in [2.75, 3.05) is 26.1 Å². The molecule has 0 saturated carbocycles. The van der Waals surface area contributed by atoms with Gasteiger partial charge in [-0.1, -0.05) is 17.8 Å². The molecular weight excluding hydrogens is 326 g/mol. The highest BCUT2D eigenvalue weighted by atomic mass is 32.2. The van der Waals surface area contributed by atoms with Crippen molar-refractivity contribution in [2.24, 2.45) is 0 Å². The maximum atomic E-state index is 12.1. The fourth-order valence-corrected chi connectivity index (χ4v) is 3.38. The molecule has 1 aromatic heterocycles. The Morgan fingerprint density at radius 3 is 3.08 bits per heavy atom. The molecule has 1 fully saturated rings. The van der Waals surface area contributed by atoms with Crippen molar-refractivity contribution in [1.82, 2.24) is 14.9 Å². The molecule has 2 heterocycles. The van der Waals surface area contributed by atoms with Crippen LogP contribution >= 0.6 is 11.8 Å². The van der Waals surface area contributed by atoms with E-state index in [0.29, 0.717) is 5.75 Å². The van der Waals surface area contributed by atoms with E-state index in [1.807, 2.05) is 35.0 Å². The zero-order valence-electron chi connectivity index (χ0n) is 13.6. The van der Waals surface area contributed by atoms with Crippen LogP contribution in [-0.2, 0) is 9.53 Å². The van der Waals surface area contributed by atoms with Gasteiger partial charge >= 0.3 is 0 Å². The number of carbonyl (C=O) groups is 1. The summed E-state index contributed by atoms with van der Waals surface area (Å²) in [5.74, 6) is 1.17. The first kappa shape index (κ1) is 16.9. The van der Waals surface area contributed by atoms with Crippen molar-refractivity contribution >= 4 is 17.7 Å². The van der Waals surface area contributed by atoms with Gasteiger partial charge in [0.05, 0.1) is 18.6 Å². The smallest absolute Gasteiger partial charge is 0.230 e. The minimum absolute atomic E-state index is 0.0343. The van der Waals surface area contributed by atoms with E-state index in [0.717, 1.165) is 42.6 Å². The van der Waals surface area contributed by atoms with Gasteiger partial charge in [0.25, 0.3) is 0 Å². The van der Waals surface area contributed by atoms with Gasteiger partial charge in [0, 0.05) is 37.7 Å². The van der Waals surface area contributed by atoms with E-state index in [4.69, 9.17) is 9.47 Å². The lowest BCUT2D eigenvalue weighted by Gasteiger charge is -2.22. The van der Waals surface area contributed by atoms with Crippen molar-refractivity contribution in [3.63, 3.8) is 0 Å². The number of benzene rings is 1. The van der Waals surface area contributed by atoms with Crippen LogP contribution in [0.4, 0.5) is 0 Å². The summed E-state index contributed by atoms with van der Waals surface area (Å²) in [6, 6.07) is 7.98. The Labute approximate surface area is 145 Å². The minimum atomic E-state index is 0.0343. The van der Waals surface area contributed by atoms with Gasteiger partial charge in [-0.15, -0.1) is 0 Å². The van der Waals surface area contributed by atoms with Crippen LogP contribution < -0.4 is 10.1 Å². The molecule has 0 aliphatic carbocycles. The molecule has 1 aliphatic heterocycles. The lowest BCUT2D eigenvalue weighted by molar-refractivity contribution is -0.119. The molecule has 0 radical (unpaired) electrons. The molecular formula is C17H21N3O3S. The van der Waals surface area contributed by atoms with Gasteiger partial charge in [-0.2, -0.15) is 0 Å². The Morgan fingerprint density at radius 1 is 1.46 bits per heavy atom. The third kappa shape index (κ3) is 4.30. The highest BCUT2D eigenvalue weighted by Crippen LogP contribution is 2.23. The fraction of sp³-hybridized carbons (Fsp3) is 0.412. The number of aromatic nitrogens is 2. The molecule has 1 saturated heterocycles. The number of nitrogens with one attached hydrogen (secondary N) is 1. The second-order valence-corrected chi connectivity index (χ2v) is 6.47. The molecule has 0 atom stereocenters. The van der Waals surface area contributed by atoms with Gasteiger partial charge < -0.3 is 14.8 Å². The Morgan fingerprint density at radius 2 is 2.29 bits per heavy atom. The Bertz CT molecular complexity index is 683. The highest BCUT2D eigenvalue weighted by molar-refractivity contribution is 7.99. The number of carbonyl (C=O) groups excluding carboxylic acids is 1. The quantitative estimate of drug-likeness (QED) is 0.812. The van der Waals surface area contributed by atoms with Gasteiger partial charge in [-0.3, -0.25) is 9.36 Å². The number of thioether (sulfide) groups is 1. The average Bonchev–Trinajstić information content (AvgIpc) is 3.09. The Balaban J connectivity index is 1.60.